The van der Waals surface area contributed by atoms with E-state index in [2.05, 4.69) is 19.2 Å². The Balaban J connectivity index is 2.63. The number of unbranched alkanes of at least 4 members (excludes halogenated alkanes) is 2. The van der Waals surface area contributed by atoms with Gasteiger partial charge in [-0.3, -0.25) is 4.79 Å². The average molecular weight is 321 g/mol. The van der Waals surface area contributed by atoms with E-state index in [4.69, 9.17) is 9.47 Å². The molecule has 1 aromatic rings. The van der Waals surface area contributed by atoms with E-state index in [1.54, 1.807) is 0 Å². The zero-order valence-corrected chi connectivity index (χ0v) is 15.0. The molecular formula is C19H31NO3. The van der Waals surface area contributed by atoms with Gasteiger partial charge in [0.15, 0.2) is 0 Å². The summed E-state index contributed by atoms with van der Waals surface area (Å²) in [6, 6.07) is 7.50. The van der Waals surface area contributed by atoms with Gasteiger partial charge in [-0.2, -0.15) is 0 Å². The molecule has 0 aliphatic carbocycles. The van der Waals surface area contributed by atoms with Crippen molar-refractivity contribution in [1.29, 1.82) is 0 Å². The highest BCUT2D eigenvalue weighted by Crippen LogP contribution is 2.23. The number of hydrogen-bond acceptors (Lipinski definition) is 3. The fourth-order valence-corrected chi connectivity index (χ4v) is 2.32. The first kappa shape index (κ1) is 19.5. The number of rotatable bonds is 11. The zero-order valence-electron chi connectivity index (χ0n) is 15.0. The van der Waals surface area contributed by atoms with Crippen LogP contribution in [0, 0.1) is 0 Å². The molecule has 0 aliphatic heterocycles. The van der Waals surface area contributed by atoms with E-state index in [0.717, 1.165) is 50.1 Å². The summed E-state index contributed by atoms with van der Waals surface area (Å²) >= 11 is 0. The number of hydrogen-bond donors (Lipinski definition) is 1. The van der Waals surface area contributed by atoms with Crippen LogP contribution in [-0.2, 0) is 9.53 Å². The Bertz CT molecular complexity index is 458. The van der Waals surface area contributed by atoms with Crippen LogP contribution >= 0.6 is 0 Å². The largest absolute Gasteiger partial charge is 0.494 e. The predicted octanol–water partition coefficient (Wildman–Crippen LogP) is 4.79. The standard InChI is InChI=1S/C19H31NO3/c1-5-8-14-19(4,23-7-3)18(21)20-16-10-12-17(13-11-16)22-15-9-6-2/h10-13H,5-9,14-15H2,1-4H3,(H,20,21). The van der Waals surface area contributed by atoms with Gasteiger partial charge >= 0.3 is 0 Å². The number of carbonyl (C=O) groups excluding carboxylic acids is 1. The number of nitrogens with one attached hydrogen (secondary N) is 1. The number of ether oxygens (including phenoxy) is 2. The Morgan fingerprint density at radius 2 is 1.74 bits per heavy atom. The lowest BCUT2D eigenvalue weighted by molar-refractivity contribution is -0.139. The second kappa shape index (κ2) is 10.3. The zero-order chi connectivity index (χ0) is 17.1. The van der Waals surface area contributed by atoms with Crippen molar-refractivity contribution < 1.29 is 14.3 Å². The van der Waals surface area contributed by atoms with Crippen molar-refractivity contribution in [3.63, 3.8) is 0 Å². The van der Waals surface area contributed by atoms with Gasteiger partial charge in [-0.05, 0) is 51.0 Å². The molecule has 1 N–H and O–H groups in total. The summed E-state index contributed by atoms with van der Waals surface area (Å²) in [5, 5.41) is 2.95. The maximum atomic E-state index is 12.6. The van der Waals surface area contributed by atoms with Gasteiger partial charge in [-0.1, -0.05) is 33.1 Å². The molecule has 130 valence electrons. The lowest BCUT2D eigenvalue weighted by atomic mass is 9.97. The maximum absolute atomic E-state index is 12.6. The summed E-state index contributed by atoms with van der Waals surface area (Å²) < 4.78 is 11.3. The van der Waals surface area contributed by atoms with Crippen molar-refractivity contribution in [2.75, 3.05) is 18.5 Å². The van der Waals surface area contributed by atoms with Gasteiger partial charge in [0, 0.05) is 12.3 Å². The quantitative estimate of drug-likeness (QED) is 0.596. The summed E-state index contributed by atoms with van der Waals surface area (Å²) in [7, 11) is 0. The Labute approximate surface area is 140 Å². The number of amides is 1. The maximum Gasteiger partial charge on any atom is 0.256 e. The van der Waals surface area contributed by atoms with Crippen LogP contribution < -0.4 is 10.1 Å². The fraction of sp³-hybridized carbons (Fsp3) is 0.632. The molecular weight excluding hydrogens is 290 g/mol. The Morgan fingerprint density at radius 1 is 1.09 bits per heavy atom. The monoisotopic (exact) mass is 321 g/mol. The molecule has 0 aromatic heterocycles. The van der Waals surface area contributed by atoms with Crippen LogP contribution in [0.5, 0.6) is 5.75 Å². The minimum Gasteiger partial charge on any atom is -0.494 e. The van der Waals surface area contributed by atoms with Gasteiger partial charge in [-0.25, -0.2) is 0 Å². The van der Waals surface area contributed by atoms with Crippen LogP contribution in [0.2, 0.25) is 0 Å². The van der Waals surface area contributed by atoms with E-state index >= 15 is 0 Å². The van der Waals surface area contributed by atoms with E-state index in [1.165, 1.54) is 0 Å². The van der Waals surface area contributed by atoms with E-state index in [9.17, 15) is 4.79 Å². The lowest BCUT2D eigenvalue weighted by Gasteiger charge is -2.28. The summed E-state index contributed by atoms with van der Waals surface area (Å²) in [6.07, 6.45) is 4.89. The van der Waals surface area contributed by atoms with E-state index in [1.807, 2.05) is 38.1 Å². The van der Waals surface area contributed by atoms with Crippen LogP contribution in [0.25, 0.3) is 0 Å². The van der Waals surface area contributed by atoms with Crippen LogP contribution in [0.1, 0.15) is 59.8 Å². The molecule has 0 spiro atoms. The second-order valence-corrected chi connectivity index (χ2v) is 5.95. The number of anilines is 1. The van der Waals surface area contributed by atoms with E-state index in [0.29, 0.717) is 6.61 Å². The van der Waals surface area contributed by atoms with Gasteiger partial charge in [-0.15, -0.1) is 0 Å². The Kier molecular flexibility index (Phi) is 8.70. The highest BCUT2D eigenvalue weighted by Gasteiger charge is 2.33. The van der Waals surface area contributed by atoms with E-state index < -0.39 is 5.60 Å². The van der Waals surface area contributed by atoms with Gasteiger partial charge in [0.1, 0.15) is 11.4 Å². The first-order chi connectivity index (χ1) is 11.1. The van der Waals surface area contributed by atoms with Gasteiger partial charge in [0.25, 0.3) is 5.91 Å². The molecule has 0 fully saturated rings. The third-order valence-electron chi connectivity index (χ3n) is 3.83. The van der Waals surface area contributed by atoms with Crippen LogP contribution in [0.4, 0.5) is 5.69 Å². The molecule has 4 nitrogen and oxygen atoms in total. The second-order valence-electron chi connectivity index (χ2n) is 5.95. The summed E-state index contributed by atoms with van der Waals surface area (Å²) in [5.41, 5.74) is -0.0126. The molecule has 0 heterocycles. The number of carbonyl (C=O) groups is 1. The lowest BCUT2D eigenvalue weighted by Crippen LogP contribution is -2.42. The Morgan fingerprint density at radius 3 is 2.30 bits per heavy atom. The smallest absolute Gasteiger partial charge is 0.256 e. The molecule has 1 atom stereocenters. The topological polar surface area (TPSA) is 47.6 Å². The molecule has 1 amide bonds. The van der Waals surface area contributed by atoms with Gasteiger partial charge < -0.3 is 14.8 Å². The molecule has 0 saturated heterocycles. The van der Waals surface area contributed by atoms with Gasteiger partial charge in [0.05, 0.1) is 6.61 Å². The SMILES string of the molecule is CCCCOc1ccc(NC(=O)C(C)(CCCC)OCC)cc1. The first-order valence-corrected chi connectivity index (χ1v) is 8.74. The predicted molar refractivity (Wildman–Crippen MR) is 95.0 cm³/mol. The van der Waals surface area contributed by atoms with E-state index in [-0.39, 0.29) is 5.91 Å². The molecule has 0 aliphatic rings. The molecule has 4 heteroatoms. The average Bonchev–Trinajstić information content (AvgIpc) is 2.55. The van der Waals surface area contributed by atoms with Crippen molar-refractivity contribution in [2.24, 2.45) is 0 Å². The third kappa shape index (κ3) is 6.61. The molecule has 1 aromatic carbocycles. The normalized spacial score (nSPS) is 13.4. The minimum atomic E-state index is -0.777. The first-order valence-electron chi connectivity index (χ1n) is 8.74. The third-order valence-corrected chi connectivity index (χ3v) is 3.83. The van der Waals surface area contributed by atoms with Crippen LogP contribution in [-0.4, -0.2) is 24.7 Å². The molecule has 0 radical (unpaired) electrons. The Hall–Kier alpha value is -1.55. The van der Waals surface area contributed by atoms with Crippen LogP contribution in [0.15, 0.2) is 24.3 Å². The van der Waals surface area contributed by atoms with Crippen molar-refractivity contribution in [1.82, 2.24) is 0 Å². The molecule has 0 saturated carbocycles. The van der Waals surface area contributed by atoms with Crippen molar-refractivity contribution in [2.45, 2.75) is 65.4 Å². The van der Waals surface area contributed by atoms with Crippen LogP contribution in [0.3, 0.4) is 0 Å². The minimum absolute atomic E-state index is 0.0903. The summed E-state index contributed by atoms with van der Waals surface area (Å²) in [4.78, 5) is 12.6. The van der Waals surface area contributed by atoms with Crippen molar-refractivity contribution in [3.05, 3.63) is 24.3 Å². The summed E-state index contributed by atoms with van der Waals surface area (Å²) in [5.74, 6) is 0.738. The highest BCUT2D eigenvalue weighted by atomic mass is 16.5. The molecule has 0 bridgehead atoms. The number of benzene rings is 1. The van der Waals surface area contributed by atoms with Gasteiger partial charge in [0.2, 0.25) is 0 Å². The summed E-state index contributed by atoms with van der Waals surface area (Å²) in [6.45, 7) is 9.28. The molecule has 1 unspecified atom stereocenters. The molecule has 1 rings (SSSR count). The molecule has 23 heavy (non-hydrogen) atoms. The fourth-order valence-electron chi connectivity index (χ4n) is 2.32. The van der Waals surface area contributed by atoms with Crippen molar-refractivity contribution >= 4 is 11.6 Å². The van der Waals surface area contributed by atoms with Crippen molar-refractivity contribution in [3.8, 4) is 5.75 Å². The highest BCUT2D eigenvalue weighted by molar-refractivity contribution is 5.97.